The van der Waals surface area contributed by atoms with Crippen molar-refractivity contribution >= 4 is 28.8 Å². The first kappa shape index (κ1) is 11.1. The number of carbonyl (C=O) groups excluding carboxylic acids is 1. The molecule has 0 aliphatic heterocycles. The highest BCUT2D eigenvalue weighted by Gasteiger charge is 2.12. The van der Waals surface area contributed by atoms with Gasteiger partial charge >= 0.3 is 0 Å². The molecule has 0 saturated carbocycles. The Bertz CT molecular complexity index is 348. The molecule has 0 aromatic carbocycles. The first-order chi connectivity index (χ1) is 6.65. The fraction of sp³-hybridized carbons (Fsp3) is 0.222. The maximum absolute atomic E-state index is 11.5. The summed E-state index contributed by atoms with van der Waals surface area (Å²) in [4.78, 5) is 12.1. The van der Waals surface area contributed by atoms with Crippen LogP contribution in [0.1, 0.15) is 9.67 Å². The molecule has 1 heterocycles. The van der Waals surface area contributed by atoms with Crippen LogP contribution in [0.4, 0.5) is 0 Å². The number of carbonyl (C=O) groups is 1. The Morgan fingerprint density at radius 1 is 1.79 bits per heavy atom. The molecule has 0 aliphatic carbocycles. The van der Waals surface area contributed by atoms with Crippen molar-refractivity contribution in [1.29, 1.82) is 0 Å². The van der Waals surface area contributed by atoms with Crippen LogP contribution < -0.4 is 10.1 Å². The average molecular weight is 232 g/mol. The molecule has 1 amide bonds. The predicted molar refractivity (Wildman–Crippen MR) is 58.2 cm³/mol. The summed E-state index contributed by atoms with van der Waals surface area (Å²) in [6, 6.07) is 1.75. The smallest absolute Gasteiger partial charge is 0.265 e. The largest absolute Gasteiger partial charge is 0.495 e. The third kappa shape index (κ3) is 2.75. The Balaban J connectivity index is 2.64. The molecule has 0 aliphatic rings. The number of nitrogens with one attached hydrogen (secondary N) is 1. The Kier molecular flexibility index (Phi) is 3.98. The highest BCUT2D eigenvalue weighted by Crippen LogP contribution is 2.23. The molecule has 0 radical (unpaired) electrons. The molecule has 0 saturated heterocycles. The van der Waals surface area contributed by atoms with E-state index in [1.54, 1.807) is 11.4 Å². The summed E-state index contributed by atoms with van der Waals surface area (Å²) < 4.78 is 5.01. The molecule has 14 heavy (non-hydrogen) atoms. The van der Waals surface area contributed by atoms with Gasteiger partial charge in [0.1, 0.15) is 10.6 Å². The van der Waals surface area contributed by atoms with E-state index in [1.165, 1.54) is 18.4 Å². The van der Waals surface area contributed by atoms with Crippen LogP contribution >= 0.6 is 22.9 Å². The number of thiophene rings is 1. The summed E-state index contributed by atoms with van der Waals surface area (Å²) in [5.41, 5.74) is 0. The standard InChI is InChI=1S/C9H10ClNO2S/c1-6(10)5-11-9(12)8-7(13-2)3-4-14-8/h3-4H,1,5H2,2H3,(H,11,12). The summed E-state index contributed by atoms with van der Waals surface area (Å²) in [7, 11) is 1.53. The van der Waals surface area contributed by atoms with Gasteiger partial charge in [-0.2, -0.15) is 0 Å². The molecule has 0 unspecified atom stereocenters. The lowest BCUT2D eigenvalue weighted by molar-refractivity contribution is 0.0959. The molecule has 0 bridgehead atoms. The molecule has 1 N–H and O–H groups in total. The summed E-state index contributed by atoms with van der Waals surface area (Å²) >= 11 is 6.84. The lowest BCUT2D eigenvalue weighted by Crippen LogP contribution is -2.23. The number of methoxy groups -OCH3 is 1. The number of amides is 1. The van der Waals surface area contributed by atoms with E-state index in [4.69, 9.17) is 16.3 Å². The molecule has 1 rings (SSSR count). The Morgan fingerprint density at radius 2 is 2.50 bits per heavy atom. The monoisotopic (exact) mass is 231 g/mol. The first-order valence-electron chi connectivity index (χ1n) is 3.88. The Morgan fingerprint density at radius 3 is 3.07 bits per heavy atom. The van der Waals surface area contributed by atoms with Gasteiger partial charge in [0.2, 0.25) is 0 Å². The van der Waals surface area contributed by atoms with Crippen molar-refractivity contribution in [3.8, 4) is 5.75 Å². The molecule has 76 valence electrons. The van der Waals surface area contributed by atoms with Crippen molar-refractivity contribution in [3.05, 3.63) is 27.9 Å². The van der Waals surface area contributed by atoms with Gasteiger partial charge in [0.15, 0.2) is 0 Å². The summed E-state index contributed by atoms with van der Waals surface area (Å²) in [5.74, 6) is 0.381. The highest BCUT2D eigenvalue weighted by molar-refractivity contribution is 7.12. The number of hydrogen-bond donors (Lipinski definition) is 1. The van der Waals surface area contributed by atoms with Gasteiger partial charge in [-0.15, -0.1) is 11.3 Å². The second kappa shape index (κ2) is 5.02. The van der Waals surface area contributed by atoms with E-state index < -0.39 is 0 Å². The van der Waals surface area contributed by atoms with E-state index in [0.29, 0.717) is 15.7 Å². The normalized spacial score (nSPS) is 9.57. The van der Waals surface area contributed by atoms with E-state index >= 15 is 0 Å². The third-order valence-corrected chi connectivity index (χ3v) is 2.52. The van der Waals surface area contributed by atoms with Crippen LogP contribution in [0, 0.1) is 0 Å². The second-order valence-electron chi connectivity index (χ2n) is 2.52. The number of halogens is 1. The van der Waals surface area contributed by atoms with Crippen LogP contribution in [0.3, 0.4) is 0 Å². The number of ether oxygens (including phenoxy) is 1. The fourth-order valence-corrected chi connectivity index (χ4v) is 1.72. The zero-order valence-electron chi connectivity index (χ0n) is 7.67. The molecular formula is C9H10ClNO2S. The molecular weight excluding hydrogens is 222 g/mol. The minimum Gasteiger partial charge on any atom is -0.495 e. The van der Waals surface area contributed by atoms with Gasteiger partial charge in [0, 0.05) is 5.03 Å². The SMILES string of the molecule is C=C(Cl)CNC(=O)c1sccc1OC. The first-order valence-corrected chi connectivity index (χ1v) is 5.14. The van der Waals surface area contributed by atoms with E-state index in [2.05, 4.69) is 11.9 Å². The molecule has 1 aromatic rings. The van der Waals surface area contributed by atoms with Crippen molar-refractivity contribution in [2.45, 2.75) is 0 Å². The quantitative estimate of drug-likeness (QED) is 0.863. The van der Waals surface area contributed by atoms with Crippen molar-refractivity contribution < 1.29 is 9.53 Å². The summed E-state index contributed by atoms with van der Waals surface area (Å²) in [5, 5.41) is 4.81. The van der Waals surface area contributed by atoms with E-state index in [0.717, 1.165) is 0 Å². The Labute approximate surface area is 91.3 Å². The van der Waals surface area contributed by atoms with E-state index in [1.807, 2.05) is 0 Å². The Hall–Kier alpha value is -1.00. The van der Waals surface area contributed by atoms with E-state index in [-0.39, 0.29) is 12.5 Å². The molecule has 0 atom stereocenters. The minimum atomic E-state index is -0.196. The zero-order valence-corrected chi connectivity index (χ0v) is 9.24. The van der Waals surface area contributed by atoms with Crippen LogP contribution in [0.15, 0.2) is 23.1 Å². The lowest BCUT2D eigenvalue weighted by atomic mass is 10.4. The van der Waals surface area contributed by atoms with Gasteiger partial charge in [-0.05, 0) is 11.4 Å². The molecule has 1 aromatic heterocycles. The molecule has 5 heteroatoms. The third-order valence-electron chi connectivity index (χ3n) is 1.50. The van der Waals surface area contributed by atoms with Crippen LogP contribution in [0.25, 0.3) is 0 Å². The molecule has 3 nitrogen and oxygen atoms in total. The maximum Gasteiger partial charge on any atom is 0.265 e. The van der Waals surface area contributed by atoms with Gasteiger partial charge in [-0.1, -0.05) is 18.2 Å². The van der Waals surface area contributed by atoms with Crippen LogP contribution in [0.5, 0.6) is 5.75 Å². The van der Waals surface area contributed by atoms with Crippen LogP contribution in [-0.4, -0.2) is 19.6 Å². The van der Waals surface area contributed by atoms with E-state index in [9.17, 15) is 4.79 Å². The number of rotatable bonds is 4. The van der Waals surface area contributed by atoms with Crippen molar-refractivity contribution in [2.24, 2.45) is 0 Å². The second-order valence-corrected chi connectivity index (χ2v) is 3.97. The van der Waals surface area contributed by atoms with Crippen molar-refractivity contribution in [1.82, 2.24) is 5.32 Å². The highest BCUT2D eigenvalue weighted by atomic mass is 35.5. The molecule has 0 spiro atoms. The van der Waals surface area contributed by atoms with Crippen molar-refractivity contribution in [2.75, 3.05) is 13.7 Å². The van der Waals surface area contributed by atoms with Gasteiger partial charge in [-0.3, -0.25) is 4.79 Å². The van der Waals surface area contributed by atoms with Gasteiger partial charge in [0.25, 0.3) is 5.91 Å². The van der Waals surface area contributed by atoms with Crippen LogP contribution in [-0.2, 0) is 0 Å². The number of hydrogen-bond acceptors (Lipinski definition) is 3. The minimum absolute atomic E-state index is 0.196. The average Bonchev–Trinajstić information content (AvgIpc) is 2.61. The van der Waals surface area contributed by atoms with Gasteiger partial charge in [-0.25, -0.2) is 0 Å². The van der Waals surface area contributed by atoms with Crippen molar-refractivity contribution in [3.63, 3.8) is 0 Å². The topological polar surface area (TPSA) is 38.3 Å². The summed E-state index contributed by atoms with van der Waals surface area (Å²) in [6.07, 6.45) is 0. The van der Waals surface area contributed by atoms with Gasteiger partial charge < -0.3 is 10.1 Å². The molecule has 0 fully saturated rings. The fourth-order valence-electron chi connectivity index (χ4n) is 0.880. The van der Waals surface area contributed by atoms with Gasteiger partial charge in [0.05, 0.1) is 13.7 Å². The van der Waals surface area contributed by atoms with Crippen LogP contribution in [0.2, 0.25) is 0 Å². The predicted octanol–water partition coefficient (Wildman–Crippen LogP) is 2.24. The maximum atomic E-state index is 11.5. The summed E-state index contributed by atoms with van der Waals surface area (Å²) in [6.45, 7) is 3.74. The lowest BCUT2D eigenvalue weighted by Gasteiger charge is -2.03. The zero-order chi connectivity index (χ0) is 10.6.